The van der Waals surface area contributed by atoms with Crippen molar-refractivity contribution in [3.05, 3.63) is 65.2 Å². The Hall–Kier alpha value is -2.54. The van der Waals surface area contributed by atoms with E-state index in [-0.39, 0.29) is 11.7 Å². The van der Waals surface area contributed by atoms with Crippen LogP contribution in [0.4, 0.5) is 4.39 Å². The molecule has 0 saturated heterocycles. The van der Waals surface area contributed by atoms with E-state index in [9.17, 15) is 9.18 Å². The van der Waals surface area contributed by atoms with Gasteiger partial charge in [0, 0.05) is 36.3 Å². The van der Waals surface area contributed by atoms with Gasteiger partial charge in [0.25, 0.3) is 5.91 Å². The zero-order valence-corrected chi connectivity index (χ0v) is 12.4. The Morgan fingerprint density at radius 1 is 1.32 bits per heavy atom. The molecule has 0 aliphatic rings. The van der Waals surface area contributed by atoms with Crippen LogP contribution in [0.2, 0.25) is 0 Å². The van der Waals surface area contributed by atoms with E-state index in [0.29, 0.717) is 18.5 Å². The molecule has 22 heavy (non-hydrogen) atoms. The highest BCUT2D eigenvalue weighted by Crippen LogP contribution is 2.13. The largest absolute Gasteiger partial charge is 0.352 e. The molecule has 0 bridgehead atoms. The van der Waals surface area contributed by atoms with Gasteiger partial charge >= 0.3 is 0 Å². The summed E-state index contributed by atoms with van der Waals surface area (Å²) in [5, 5.41) is 9.65. The molecule has 1 amide bonds. The highest BCUT2D eigenvalue weighted by atomic mass is 32.1. The molecule has 0 aliphatic heterocycles. The standard InChI is InChI=1S/C15H13FN4OS/c16-12-4-2-11(3-5-12)14(21)17-8-6-13-10-22-15(19-13)20-9-1-7-18-20/h1-5,7,9-10H,6,8H2,(H,17,21). The molecule has 0 fully saturated rings. The van der Waals surface area contributed by atoms with Gasteiger partial charge in [-0.1, -0.05) is 0 Å². The van der Waals surface area contributed by atoms with Crippen LogP contribution < -0.4 is 5.32 Å². The highest BCUT2D eigenvalue weighted by Gasteiger charge is 2.07. The summed E-state index contributed by atoms with van der Waals surface area (Å²) in [5.74, 6) is -0.576. The van der Waals surface area contributed by atoms with Gasteiger partial charge in [0.15, 0.2) is 0 Å². The average molecular weight is 316 g/mol. The van der Waals surface area contributed by atoms with Crippen molar-refractivity contribution in [3.8, 4) is 5.13 Å². The van der Waals surface area contributed by atoms with Crippen LogP contribution in [0.15, 0.2) is 48.1 Å². The number of halogens is 1. The van der Waals surface area contributed by atoms with Crippen LogP contribution in [0.5, 0.6) is 0 Å². The smallest absolute Gasteiger partial charge is 0.251 e. The maximum absolute atomic E-state index is 12.8. The van der Waals surface area contributed by atoms with E-state index in [1.165, 1.54) is 35.6 Å². The molecule has 0 saturated carbocycles. The number of nitrogens with one attached hydrogen (secondary N) is 1. The second kappa shape index (κ2) is 6.48. The number of carbonyl (C=O) groups excluding carboxylic acids is 1. The Morgan fingerprint density at radius 2 is 2.14 bits per heavy atom. The second-order valence-electron chi connectivity index (χ2n) is 4.58. The van der Waals surface area contributed by atoms with Crippen molar-refractivity contribution in [2.75, 3.05) is 6.54 Å². The van der Waals surface area contributed by atoms with E-state index in [1.807, 2.05) is 17.6 Å². The highest BCUT2D eigenvalue weighted by molar-refractivity contribution is 7.12. The Labute approximate surface area is 130 Å². The summed E-state index contributed by atoms with van der Waals surface area (Å²) in [6.07, 6.45) is 4.16. The normalized spacial score (nSPS) is 10.6. The lowest BCUT2D eigenvalue weighted by atomic mass is 10.2. The first-order chi connectivity index (χ1) is 10.7. The monoisotopic (exact) mass is 316 g/mol. The molecule has 0 aliphatic carbocycles. The minimum atomic E-state index is -0.356. The fourth-order valence-corrected chi connectivity index (χ4v) is 2.70. The third-order valence-electron chi connectivity index (χ3n) is 3.01. The predicted molar refractivity (Wildman–Crippen MR) is 81.7 cm³/mol. The molecule has 5 nitrogen and oxygen atoms in total. The molecule has 1 N–H and O–H groups in total. The summed E-state index contributed by atoms with van der Waals surface area (Å²) in [4.78, 5) is 16.3. The van der Waals surface area contributed by atoms with Crippen molar-refractivity contribution in [1.29, 1.82) is 0 Å². The summed E-state index contributed by atoms with van der Waals surface area (Å²) in [6.45, 7) is 0.471. The third kappa shape index (κ3) is 3.37. The molecule has 3 aromatic rings. The number of hydrogen-bond donors (Lipinski definition) is 1. The fraction of sp³-hybridized carbons (Fsp3) is 0.133. The van der Waals surface area contributed by atoms with Crippen LogP contribution in [-0.4, -0.2) is 27.2 Å². The van der Waals surface area contributed by atoms with Crippen LogP contribution in [-0.2, 0) is 6.42 Å². The van der Waals surface area contributed by atoms with E-state index < -0.39 is 0 Å². The number of carbonyl (C=O) groups is 1. The van der Waals surface area contributed by atoms with E-state index in [0.717, 1.165) is 10.8 Å². The molecule has 2 heterocycles. The molecule has 1 aromatic carbocycles. The zero-order valence-electron chi connectivity index (χ0n) is 11.6. The first-order valence-electron chi connectivity index (χ1n) is 6.70. The summed E-state index contributed by atoms with van der Waals surface area (Å²) in [5.41, 5.74) is 1.34. The van der Waals surface area contributed by atoms with Crippen molar-refractivity contribution in [1.82, 2.24) is 20.1 Å². The van der Waals surface area contributed by atoms with Gasteiger partial charge in [0.05, 0.1) is 5.69 Å². The van der Waals surface area contributed by atoms with Gasteiger partial charge in [-0.2, -0.15) is 5.10 Å². The van der Waals surface area contributed by atoms with Gasteiger partial charge in [0.2, 0.25) is 5.13 Å². The summed E-state index contributed by atoms with van der Waals surface area (Å²) in [7, 11) is 0. The molecule has 7 heteroatoms. The van der Waals surface area contributed by atoms with E-state index in [1.54, 1.807) is 10.9 Å². The van der Waals surface area contributed by atoms with Gasteiger partial charge in [-0.15, -0.1) is 11.3 Å². The number of hydrogen-bond acceptors (Lipinski definition) is 4. The number of benzene rings is 1. The van der Waals surface area contributed by atoms with Crippen LogP contribution in [0.3, 0.4) is 0 Å². The first-order valence-corrected chi connectivity index (χ1v) is 7.58. The third-order valence-corrected chi connectivity index (χ3v) is 3.89. The zero-order chi connectivity index (χ0) is 15.4. The minimum Gasteiger partial charge on any atom is -0.352 e. The number of aromatic nitrogens is 3. The lowest BCUT2D eigenvalue weighted by Gasteiger charge is -2.03. The number of nitrogens with zero attached hydrogens (tertiary/aromatic N) is 3. The van der Waals surface area contributed by atoms with Crippen LogP contribution >= 0.6 is 11.3 Å². The molecular formula is C15H13FN4OS. The molecular weight excluding hydrogens is 303 g/mol. The molecule has 0 radical (unpaired) electrons. The number of amides is 1. The van der Waals surface area contributed by atoms with Crippen molar-refractivity contribution in [2.45, 2.75) is 6.42 Å². The number of rotatable bonds is 5. The van der Waals surface area contributed by atoms with Crippen molar-refractivity contribution in [2.24, 2.45) is 0 Å². The molecule has 0 spiro atoms. The van der Waals surface area contributed by atoms with Crippen LogP contribution in [0.1, 0.15) is 16.1 Å². The lowest BCUT2D eigenvalue weighted by Crippen LogP contribution is -2.25. The van der Waals surface area contributed by atoms with Gasteiger partial charge < -0.3 is 5.32 Å². The Bertz CT molecular complexity index is 752. The average Bonchev–Trinajstić information content (AvgIpc) is 3.19. The Balaban J connectivity index is 1.53. The van der Waals surface area contributed by atoms with Crippen molar-refractivity contribution in [3.63, 3.8) is 0 Å². The van der Waals surface area contributed by atoms with Gasteiger partial charge in [-0.05, 0) is 30.3 Å². The molecule has 0 atom stereocenters. The second-order valence-corrected chi connectivity index (χ2v) is 5.42. The van der Waals surface area contributed by atoms with Crippen LogP contribution in [0.25, 0.3) is 5.13 Å². The van der Waals surface area contributed by atoms with E-state index >= 15 is 0 Å². The summed E-state index contributed by atoms with van der Waals surface area (Å²) < 4.78 is 14.5. The van der Waals surface area contributed by atoms with Gasteiger partial charge in [-0.3, -0.25) is 4.79 Å². The minimum absolute atomic E-state index is 0.220. The summed E-state index contributed by atoms with van der Waals surface area (Å²) in [6, 6.07) is 7.30. The molecule has 3 rings (SSSR count). The fourth-order valence-electron chi connectivity index (χ4n) is 1.91. The first kappa shape index (κ1) is 14.4. The summed E-state index contributed by atoms with van der Waals surface area (Å²) >= 11 is 1.50. The lowest BCUT2D eigenvalue weighted by molar-refractivity contribution is 0.0954. The maximum Gasteiger partial charge on any atom is 0.251 e. The molecule has 0 unspecified atom stereocenters. The molecule has 2 aromatic heterocycles. The van der Waals surface area contributed by atoms with Crippen molar-refractivity contribution >= 4 is 17.2 Å². The topological polar surface area (TPSA) is 59.8 Å². The Morgan fingerprint density at radius 3 is 2.86 bits per heavy atom. The van der Waals surface area contributed by atoms with E-state index in [2.05, 4.69) is 15.4 Å². The maximum atomic E-state index is 12.8. The van der Waals surface area contributed by atoms with Crippen LogP contribution in [0, 0.1) is 5.82 Å². The quantitative estimate of drug-likeness (QED) is 0.786. The number of thiazole rings is 1. The van der Waals surface area contributed by atoms with Gasteiger partial charge in [-0.25, -0.2) is 14.1 Å². The molecule has 112 valence electrons. The SMILES string of the molecule is O=C(NCCc1csc(-n2cccn2)n1)c1ccc(F)cc1. The van der Waals surface area contributed by atoms with Crippen molar-refractivity contribution < 1.29 is 9.18 Å². The Kier molecular flexibility index (Phi) is 4.24. The van der Waals surface area contributed by atoms with Gasteiger partial charge in [0.1, 0.15) is 5.82 Å². The van der Waals surface area contributed by atoms with E-state index in [4.69, 9.17) is 0 Å². The predicted octanol–water partition coefficient (Wildman–Crippen LogP) is 2.44.